The highest BCUT2D eigenvalue weighted by Crippen LogP contribution is 2.34. The van der Waals surface area contributed by atoms with Gasteiger partial charge in [-0.15, -0.1) is 0 Å². The number of halogens is 2. The number of aromatic nitrogens is 2. The predicted octanol–water partition coefficient (Wildman–Crippen LogP) is 5.81. The molecular weight excluding hydrogens is 497 g/mol. The largest absolute Gasteiger partial charge is 0.489 e. The van der Waals surface area contributed by atoms with E-state index >= 15 is 0 Å². The van der Waals surface area contributed by atoms with Gasteiger partial charge in [-0.25, -0.2) is 14.4 Å². The van der Waals surface area contributed by atoms with Crippen LogP contribution in [0, 0.1) is 5.82 Å². The maximum atomic E-state index is 13.6. The average molecular weight is 530 g/mol. The molecule has 1 aromatic heterocycles. The lowest BCUT2D eigenvalue weighted by molar-refractivity contribution is -0.111. The number of hydrogen-bond donors (Lipinski definition) is 2. The third-order valence-electron chi connectivity index (χ3n) is 5.29. The Morgan fingerprint density at radius 1 is 1.14 bits per heavy atom. The summed E-state index contributed by atoms with van der Waals surface area (Å²) in [6.45, 7) is 4.21. The second-order valence-corrected chi connectivity index (χ2v) is 9.07. The standard InChI is InChI=1S/C27H33ClFN5O3/c1-4-5-6-12-36-13-14-37-25-17-23-20(16-24(25)33-26(35)8-7-11-34(2)3)27(31-18-30-23)32-19-9-10-22(29)21(28)15-19/h7-10,15-18H,4-6,11-14H2,1-3H3,(H,33,35)(H,30,31,32)/b8-7+. The SMILES string of the molecule is CCCCCOCCOc1cc2ncnc(Nc3ccc(F)c(Cl)c3)c2cc1NC(=O)/C=C/CN(C)C. The number of nitrogens with one attached hydrogen (secondary N) is 2. The van der Waals surface area contributed by atoms with Crippen LogP contribution in [-0.2, 0) is 9.53 Å². The Morgan fingerprint density at radius 3 is 2.73 bits per heavy atom. The number of anilines is 3. The van der Waals surface area contributed by atoms with Crippen molar-refractivity contribution in [3.8, 4) is 5.75 Å². The second kappa shape index (κ2) is 14.5. The van der Waals surface area contributed by atoms with Gasteiger partial charge >= 0.3 is 0 Å². The van der Waals surface area contributed by atoms with Crippen LogP contribution in [-0.4, -0.2) is 61.2 Å². The maximum Gasteiger partial charge on any atom is 0.248 e. The lowest BCUT2D eigenvalue weighted by Crippen LogP contribution is -2.14. The van der Waals surface area contributed by atoms with Crippen molar-refractivity contribution < 1.29 is 18.7 Å². The lowest BCUT2D eigenvalue weighted by atomic mass is 10.1. The average Bonchev–Trinajstić information content (AvgIpc) is 2.86. The zero-order valence-corrected chi connectivity index (χ0v) is 22.1. The predicted molar refractivity (Wildman–Crippen MR) is 146 cm³/mol. The molecule has 0 aliphatic rings. The van der Waals surface area contributed by atoms with Crippen LogP contribution in [0.1, 0.15) is 26.2 Å². The summed E-state index contributed by atoms with van der Waals surface area (Å²) in [6.07, 6.45) is 7.94. The molecule has 2 N–H and O–H groups in total. The molecule has 10 heteroatoms. The quantitative estimate of drug-likeness (QED) is 0.201. The van der Waals surface area contributed by atoms with E-state index < -0.39 is 5.82 Å². The highest BCUT2D eigenvalue weighted by Gasteiger charge is 2.14. The summed E-state index contributed by atoms with van der Waals surface area (Å²) in [5.74, 6) is 0.132. The van der Waals surface area contributed by atoms with E-state index in [0.717, 1.165) is 19.3 Å². The Morgan fingerprint density at radius 2 is 1.97 bits per heavy atom. The first kappa shape index (κ1) is 28.3. The van der Waals surface area contributed by atoms with E-state index in [1.807, 2.05) is 19.0 Å². The number of benzene rings is 2. The van der Waals surface area contributed by atoms with Crippen LogP contribution >= 0.6 is 11.6 Å². The molecular formula is C27H33ClFN5O3. The van der Waals surface area contributed by atoms with E-state index in [1.165, 1.54) is 24.5 Å². The fourth-order valence-electron chi connectivity index (χ4n) is 3.42. The molecule has 198 valence electrons. The van der Waals surface area contributed by atoms with Crippen molar-refractivity contribution in [2.45, 2.75) is 26.2 Å². The fraction of sp³-hybridized carbons (Fsp3) is 0.370. The minimum Gasteiger partial charge on any atom is -0.489 e. The van der Waals surface area contributed by atoms with Crippen LogP contribution in [0.3, 0.4) is 0 Å². The number of carbonyl (C=O) groups is 1. The molecule has 1 heterocycles. The monoisotopic (exact) mass is 529 g/mol. The molecule has 3 rings (SSSR count). The molecule has 0 radical (unpaired) electrons. The van der Waals surface area contributed by atoms with Gasteiger partial charge in [0.05, 0.1) is 22.8 Å². The maximum absolute atomic E-state index is 13.6. The molecule has 2 aromatic carbocycles. The highest BCUT2D eigenvalue weighted by molar-refractivity contribution is 6.31. The van der Waals surface area contributed by atoms with Crippen LogP contribution in [0.25, 0.3) is 10.9 Å². The van der Waals surface area contributed by atoms with Crippen LogP contribution in [0.15, 0.2) is 48.8 Å². The zero-order valence-electron chi connectivity index (χ0n) is 21.4. The summed E-state index contributed by atoms with van der Waals surface area (Å²) in [7, 11) is 3.84. The van der Waals surface area contributed by atoms with Gasteiger partial charge in [-0.1, -0.05) is 37.4 Å². The Hall–Kier alpha value is -3.27. The minimum atomic E-state index is -0.511. The van der Waals surface area contributed by atoms with Crippen molar-refractivity contribution in [1.82, 2.24) is 14.9 Å². The number of unbranched alkanes of at least 4 members (excludes halogenated alkanes) is 2. The molecule has 1 amide bonds. The van der Waals surface area contributed by atoms with Gasteiger partial charge < -0.3 is 25.0 Å². The molecule has 0 spiro atoms. The third-order valence-corrected chi connectivity index (χ3v) is 5.58. The normalized spacial score (nSPS) is 11.4. The van der Waals surface area contributed by atoms with Gasteiger partial charge in [0.15, 0.2) is 0 Å². The number of likely N-dealkylation sites (N-methyl/N-ethyl adjacent to an activating group) is 1. The molecule has 0 saturated carbocycles. The van der Waals surface area contributed by atoms with Crippen LogP contribution in [0.2, 0.25) is 5.02 Å². The topological polar surface area (TPSA) is 88.6 Å². The van der Waals surface area contributed by atoms with Crippen molar-refractivity contribution in [3.05, 3.63) is 59.7 Å². The summed E-state index contributed by atoms with van der Waals surface area (Å²) < 4.78 is 25.2. The van der Waals surface area contributed by atoms with Crippen molar-refractivity contribution in [2.75, 3.05) is 51.1 Å². The molecule has 0 aliphatic carbocycles. The molecule has 0 fully saturated rings. The molecule has 0 saturated heterocycles. The number of carbonyl (C=O) groups excluding carboxylic acids is 1. The Balaban J connectivity index is 1.85. The van der Waals surface area contributed by atoms with E-state index in [1.54, 1.807) is 24.3 Å². The zero-order chi connectivity index (χ0) is 26.6. The van der Waals surface area contributed by atoms with E-state index in [9.17, 15) is 9.18 Å². The molecule has 0 atom stereocenters. The fourth-order valence-corrected chi connectivity index (χ4v) is 3.60. The summed E-state index contributed by atoms with van der Waals surface area (Å²) in [5, 5.41) is 6.66. The minimum absolute atomic E-state index is 0.00609. The van der Waals surface area contributed by atoms with Crippen LogP contribution in [0.4, 0.5) is 21.6 Å². The number of nitrogens with zero attached hydrogens (tertiary/aromatic N) is 3. The molecule has 8 nitrogen and oxygen atoms in total. The summed E-state index contributed by atoms with van der Waals surface area (Å²) in [6, 6.07) is 7.80. The Kier molecular flexibility index (Phi) is 11.1. The number of fused-ring (bicyclic) bond motifs is 1. The number of ether oxygens (including phenoxy) is 2. The molecule has 0 aliphatic heterocycles. The lowest BCUT2D eigenvalue weighted by Gasteiger charge is -2.15. The van der Waals surface area contributed by atoms with E-state index in [-0.39, 0.29) is 10.9 Å². The van der Waals surface area contributed by atoms with E-state index in [0.29, 0.717) is 60.2 Å². The van der Waals surface area contributed by atoms with Gasteiger partial charge in [-0.3, -0.25) is 4.79 Å². The number of amides is 1. The molecule has 0 bridgehead atoms. The molecule has 37 heavy (non-hydrogen) atoms. The highest BCUT2D eigenvalue weighted by atomic mass is 35.5. The van der Waals surface area contributed by atoms with Gasteiger partial charge in [0.2, 0.25) is 5.91 Å². The van der Waals surface area contributed by atoms with Crippen molar-refractivity contribution >= 4 is 45.6 Å². The van der Waals surface area contributed by atoms with E-state index in [4.69, 9.17) is 21.1 Å². The first-order chi connectivity index (χ1) is 17.9. The van der Waals surface area contributed by atoms with Crippen molar-refractivity contribution in [2.24, 2.45) is 0 Å². The third kappa shape index (κ3) is 8.96. The number of rotatable bonds is 14. The molecule has 3 aromatic rings. The van der Waals surface area contributed by atoms with Gasteiger partial charge in [0, 0.05) is 36.4 Å². The van der Waals surface area contributed by atoms with E-state index in [2.05, 4.69) is 27.5 Å². The first-order valence-corrected chi connectivity index (χ1v) is 12.6. The van der Waals surface area contributed by atoms with Crippen LogP contribution in [0.5, 0.6) is 5.75 Å². The summed E-state index contributed by atoms with van der Waals surface area (Å²) in [4.78, 5) is 23.3. The second-order valence-electron chi connectivity index (χ2n) is 8.66. The molecule has 0 unspecified atom stereocenters. The Labute approximate surface area is 221 Å². The van der Waals surface area contributed by atoms with Gasteiger partial charge in [-0.2, -0.15) is 0 Å². The summed E-state index contributed by atoms with van der Waals surface area (Å²) in [5.41, 5.74) is 1.63. The van der Waals surface area contributed by atoms with Crippen LogP contribution < -0.4 is 15.4 Å². The van der Waals surface area contributed by atoms with Crippen molar-refractivity contribution in [1.29, 1.82) is 0 Å². The van der Waals surface area contributed by atoms with Gasteiger partial charge in [-0.05, 0) is 44.8 Å². The Bertz CT molecular complexity index is 1220. The summed E-state index contributed by atoms with van der Waals surface area (Å²) >= 11 is 5.93. The van der Waals surface area contributed by atoms with Crippen molar-refractivity contribution in [3.63, 3.8) is 0 Å². The van der Waals surface area contributed by atoms with Gasteiger partial charge in [0.25, 0.3) is 0 Å². The number of hydrogen-bond acceptors (Lipinski definition) is 7. The first-order valence-electron chi connectivity index (χ1n) is 12.2. The van der Waals surface area contributed by atoms with Gasteiger partial charge in [0.1, 0.15) is 30.3 Å². The smallest absolute Gasteiger partial charge is 0.248 e.